The van der Waals surface area contributed by atoms with Crippen LogP contribution in [0.25, 0.3) is 6.08 Å². The molecular weight excluding hydrogens is 338 g/mol. The fraction of sp³-hybridized carbons (Fsp3) is 0.381. The quantitative estimate of drug-likeness (QED) is 0.522. The Morgan fingerprint density at radius 1 is 1.26 bits per heavy atom. The molecule has 2 aromatic heterocycles. The summed E-state index contributed by atoms with van der Waals surface area (Å²) in [7, 11) is 0. The van der Waals surface area contributed by atoms with Gasteiger partial charge in [-0.3, -0.25) is 9.78 Å². The number of H-pyrrole nitrogens is 1. The van der Waals surface area contributed by atoms with E-state index in [2.05, 4.69) is 39.7 Å². The number of aromatic amines is 1. The number of nitrogens with one attached hydrogen (secondary N) is 3. The van der Waals surface area contributed by atoms with Crippen molar-refractivity contribution in [3.05, 3.63) is 58.2 Å². The average Bonchev–Trinajstić information content (AvgIpc) is 3.40. The van der Waals surface area contributed by atoms with Crippen molar-refractivity contribution >= 4 is 17.7 Å². The van der Waals surface area contributed by atoms with Crippen molar-refractivity contribution in [2.45, 2.75) is 39.7 Å². The van der Waals surface area contributed by atoms with E-state index in [0.29, 0.717) is 11.5 Å². The fourth-order valence-electron chi connectivity index (χ4n) is 3.58. The number of pyridine rings is 1. The summed E-state index contributed by atoms with van der Waals surface area (Å²) in [5, 5.41) is 7.71. The molecule has 2 aromatic rings. The maximum Gasteiger partial charge on any atom is 0.273 e. The number of hydrogen-bond donors (Lipinski definition) is 3. The predicted molar refractivity (Wildman–Crippen MR) is 106 cm³/mol. The van der Waals surface area contributed by atoms with Crippen LogP contribution in [-0.2, 0) is 17.8 Å². The van der Waals surface area contributed by atoms with Gasteiger partial charge in [-0.05, 0) is 74.6 Å². The maximum absolute atomic E-state index is 12.1. The van der Waals surface area contributed by atoms with E-state index in [-0.39, 0.29) is 5.91 Å². The zero-order valence-corrected chi connectivity index (χ0v) is 15.8. The van der Waals surface area contributed by atoms with Gasteiger partial charge in [0.1, 0.15) is 0 Å². The van der Waals surface area contributed by atoms with Crippen molar-refractivity contribution in [1.29, 1.82) is 0 Å². The second kappa shape index (κ2) is 7.48. The molecule has 1 aliphatic carbocycles. The number of aryl methyl sites for hydroxylation is 1. The normalized spacial score (nSPS) is 18.1. The van der Waals surface area contributed by atoms with Crippen LogP contribution in [0.1, 0.15) is 40.9 Å². The number of nitrogens with zero attached hydrogens (tertiary/aromatic N) is 2. The lowest BCUT2D eigenvalue weighted by molar-refractivity contribution is -0.116. The Bertz CT molecular complexity index is 906. The number of amides is 1. The third-order valence-electron chi connectivity index (χ3n) is 5.31. The molecular formula is C21H25N5O. The first-order valence-electron chi connectivity index (χ1n) is 9.51. The van der Waals surface area contributed by atoms with Crippen molar-refractivity contribution in [1.82, 2.24) is 20.7 Å². The van der Waals surface area contributed by atoms with E-state index in [9.17, 15) is 4.79 Å². The summed E-state index contributed by atoms with van der Waals surface area (Å²) in [5.41, 5.74) is 10.2. The van der Waals surface area contributed by atoms with Crippen LogP contribution in [0.15, 0.2) is 35.2 Å². The molecule has 1 amide bonds. The van der Waals surface area contributed by atoms with Gasteiger partial charge in [0.25, 0.3) is 5.91 Å². The van der Waals surface area contributed by atoms with Gasteiger partial charge < -0.3 is 10.3 Å². The van der Waals surface area contributed by atoms with Crippen molar-refractivity contribution < 1.29 is 4.79 Å². The second-order valence-corrected chi connectivity index (χ2v) is 7.32. The van der Waals surface area contributed by atoms with E-state index >= 15 is 0 Å². The number of hydrazone groups is 1. The van der Waals surface area contributed by atoms with Crippen LogP contribution < -0.4 is 10.7 Å². The highest BCUT2D eigenvalue weighted by Gasteiger charge is 2.36. The van der Waals surface area contributed by atoms with E-state index in [1.165, 1.54) is 16.7 Å². The number of aromatic nitrogens is 2. The standard InChI is InChI=1S/C21H25N5O/c1-13-17(7-10-23-12-15-5-8-22-9-6-15)14(2)24-19(13)11-18-20(16-3-4-16)25-26-21(18)27/h5-6,8-9,11,16,23-24H,3-4,7,10,12H2,1-2H3,(H,26,27). The van der Waals surface area contributed by atoms with Crippen LogP contribution in [0.5, 0.6) is 0 Å². The lowest BCUT2D eigenvalue weighted by Crippen LogP contribution is -2.17. The second-order valence-electron chi connectivity index (χ2n) is 7.32. The fourth-order valence-corrected chi connectivity index (χ4v) is 3.58. The average molecular weight is 363 g/mol. The lowest BCUT2D eigenvalue weighted by Gasteiger charge is -2.06. The van der Waals surface area contributed by atoms with Crippen molar-refractivity contribution in [3.8, 4) is 0 Å². The first-order chi connectivity index (χ1) is 13.1. The van der Waals surface area contributed by atoms with E-state index in [4.69, 9.17) is 0 Å². The molecule has 3 heterocycles. The van der Waals surface area contributed by atoms with Crippen LogP contribution in [0, 0.1) is 19.8 Å². The Morgan fingerprint density at radius 3 is 2.78 bits per heavy atom. The number of carbonyl (C=O) groups is 1. The third kappa shape index (κ3) is 3.85. The molecule has 0 aromatic carbocycles. The van der Waals surface area contributed by atoms with Gasteiger partial charge in [0.15, 0.2) is 0 Å². The van der Waals surface area contributed by atoms with Gasteiger partial charge in [0.05, 0.1) is 11.3 Å². The minimum absolute atomic E-state index is 0.0934. The minimum atomic E-state index is -0.0934. The van der Waals surface area contributed by atoms with Crippen LogP contribution in [0.3, 0.4) is 0 Å². The summed E-state index contributed by atoms with van der Waals surface area (Å²) in [6.07, 6.45) is 8.80. The molecule has 27 heavy (non-hydrogen) atoms. The van der Waals surface area contributed by atoms with E-state index in [1.54, 1.807) is 0 Å². The zero-order valence-electron chi connectivity index (χ0n) is 15.8. The molecule has 0 radical (unpaired) electrons. The van der Waals surface area contributed by atoms with Crippen LogP contribution in [0.2, 0.25) is 0 Å². The smallest absolute Gasteiger partial charge is 0.273 e. The van der Waals surface area contributed by atoms with Crippen LogP contribution >= 0.6 is 0 Å². The van der Waals surface area contributed by atoms with E-state index in [1.807, 2.05) is 30.6 Å². The summed E-state index contributed by atoms with van der Waals surface area (Å²) in [6, 6.07) is 4.05. The Kier molecular flexibility index (Phi) is 4.90. The Hall–Kier alpha value is -2.73. The zero-order chi connectivity index (χ0) is 18.8. The van der Waals surface area contributed by atoms with Crippen molar-refractivity contribution in [2.24, 2.45) is 11.0 Å². The van der Waals surface area contributed by atoms with Crippen LogP contribution in [0.4, 0.5) is 0 Å². The van der Waals surface area contributed by atoms with Gasteiger partial charge in [0.2, 0.25) is 0 Å². The Morgan fingerprint density at radius 2 is 2.04 bits per heavy atom. The molecule has 1 saturated carbocycles. The molecule has 1 aliphatic heterocycles. The van der Waals surface area contributed by atoms with E-state index < -0.39 is 0 Å². The molecule has 4 rings (SSSR count). The summed E-state index contributed by atoms with van der Waals surface area (Å²) in [5.74, 6) is 0.354. The maximum atomic E-state index is 12.1. The van der Waals surface area contributed by atoms with Crippen molar-refractivity contribution in [2.75, 3.05) is 6.54 Å². The highest BCUT2D eigenvalue weighted by molar-refractivity contribution is 6.28. The summed E-state index contributed by atoms with van der Waals surface area (Å²) in [6.45, 7) is 5.95. The van der Waals surface area contributed by atoms with Crippen LogP contribution in [-0.4, -0.2) is 28.1 Å². The molecule has 6 heteroatoms. The van der Waals surface area contributed by atoms with Gasteiger partial charge in [-0.25, -0.2) is 5.43 Å². The largest absolute Gasteiger partial charge is 0.359 e. The number of hydrogen-bond acceptors (Lipinski definition) is 4. The van der Waals surface area contributed by atoms with Crippen molar-refractivity contribution in [3.63, 3.8) is 0 Å². The van der Waals surface area contributed by atoms with Gasteiger partial charge in [-0.1, -0.05) is 0 Å². The molecule has 0 spiro atoms. The Labute approximate surface area is 159 Å². The minimum Gasteiger partial charge on any atom is -0.359 e. The monoisotopic (exact) mass is 363 g/mol. The molecule has 0 bridgehead atoms. The molecule has 3 N–H and O–H groups in total. The molecule has 0 unspecified atom stereocenters. The molecule has 6 nitrogen and oxygen atoms in total. The molecule has 0 atom stereocenters. The number of rotatable bonds is 7. The summed E-state index contributed by atoms with van der Waals surface area (Å²) >= 11 is 0. The third-order valence-corrected chi connectivity index (χ3v) is 5.31. The first kappa shape index (κ1) is 17.7. The lowest BCUT2D eigenvalue weighted by atomic mass is 10.0. The molecule has 1 fully saturated rings. The summed E-state index contributed by atoms with van der Waals surface area (Å²) < 4.78 is 0. The van der Waals surface area contributed by atoms with Gasteiger partial charge in [-0.2, -0.15) is 5.10 Å². The molecule has 0 saturated heterocycles. The Balaban J connectivity index is 1.43. The highest BCUT2D eigenvalue weighted by atomic mass is 16.2. The highest BCUT2D eigenvalue weighted by Crippen LogP contribution is 2.35. The summed E-state index contributed by atoms with van der Waals surface area (Å²) in [4.78, 5) is 19.6. The van der Waals surface area contributed by atoms with Gasteiger partial charge >= 0.3 is 0 Å². The molecule has 140 valence electrons. The number of carbonyl (C=O) groups excluding carboxylic acids is 1. The van der Waals surface area contributed by atoms with E-state index in [0.717, 1.165) is 49.5 Å². The SMILES string of the molecule is Cc1[nH]c(C=C2C(=O)NN=C2C2CC2)c(C)c1CCNCc1ccncc1. The topological polar surface area (TPSA) is 82.2 Å². The van der Waals surface area contributed by atoms with Gasteiger partial charge in [-0.15, -0.1) is 0 Å². The first-order valence-corrected chi connectivity index (χ1v) is 9.51. The van der Waals surface area contributed by atoms with Gasteiger partial charge in [0, 0.05) is 36.2 Å². The predicted octanol–water partition coefficient (Wildman–Crippen LogP) is 2.64. The molecule has 2 aliphatic rings.